The first-order chi connectivity index (χ1) is 6.52. The molecule has 0 saturated carbocycles. The molecule has 0 aliphatic rings. The predicted octanol–water partition coefficient (Wildman–Crippen LogP) is 2.40. The van der Waals surface area contributed by atoms with Gasteiger partial charge in [-0.25, -0.2) is 8.78 Å². The Labute approximate surface area is 84.2 Å². The van der Waals surface area contributed by atoms with Crippen LogP contribution in [0.5, 0.6) is 0 Å². The fourth-order valence-electron chi connectivity index (χ4n) is 0.900. The predicted molar refractivity (Wildman–Crippen MR) is 48.8 cm³/mol. The molecule has 0 aliphatic heterocycles. The van der Waals surface area contributed by atoms with Crippen LogP contribution < -0.4 is 5.32 Å². The van der Waals surface area contributed by atoms with E-state index < -0.39 is 23.1 Å². The first kappa shape index (κ1) is 10.7. The lowest BCUT2D eigenvalue weighted by Gasteiger charge is -2.04. The van der Waals surface area contributed by atoms with Crippen LogP contribution in [0.25, 0.3) is 0 Å². The van der Waals surface area contributed by atoms with Crippen LogP contribution in [0.4, 0.5) is 8.78 Å². The molecule has 0 saturated heterocycles. The normalized spacial score (nSPS) is 9.64. The Bertz CT molecular complexity index is 372. The first-order valence-electron chi connectivity index (χ1n) is 3.62. The van der Waals surface area contributed by atoms with Gasteiger partial charge < -0.3 is 5.32 Å². The number of benzene rings is 1. The van der Waals surface area contributed by atoms with Crippen LogP contribution in [0.15, 0.2) is 29.9 Å². The third kappa shape index (κ3) is 2.29. The minimum Gasteiger partial charge on any atom is -0.313 e. The molecule has 2 nitrogen and oxygen atoms in total. The lowest BCUT2D eigenvalue weighted by atomic mass is 10.2. The van der Waals surface area contributed by atoms with Crippen LogP contribution in [0.3, 0.4) is 0 Å². The maximum Gasteiger partial charge on any atom is 0.262 e. The summed E-state index contributed by atoms with van der Waals surface area (Å²) in [6.07, 6.45) is 0. The smallest absolute Gasteiger partial charge is 0.262 e. The van der Waals surface area contributed by atoms with Crippen LogP contribution in [0.1, 0.15) is 10.4 Å². The van der Waals surface area contributed by atoms with E-state index in [1.165, 1.54) is 0 Å². The second-order valence-corrected chi connectivity index (χ2v) is 2.91. The second kappa shape index (κ2) is 4.19. The van der Waals surface area contributed by atoms with E-state index in [2.05, 4.69) is 6.58 Å². The van der Waals surface area contributed by atoms with Gasteiger partial charge in [-0.05, 0) is 12.1 Å². The van der Waals surface area contributed by atoms with Gasteiger partial charge in [0.15, 0.2) is 0 Å². The molecule has 0 aromatic heterocycles. The Morgan fingerprint density at radius 1 is 1.36 bits per heavy atom. The third-order valence-corrected chi connectivity index (χ3v) is 1.53. The van der Waals surface area contributed by atoms with Gasteiger partial charge in [-0.2, -0.15) is 0 Å². The summed E-state index contributed by atoms with van der Waals surface area (Å²) in [5.41, 5.74) is -0.672. The van der Waals surface area contributed by atoms with Gasteiger partial charge >= 0.3 is 0 Å². The van der Waals surface area contributed by atoms with Crippen molar-refractivity contribution in [2.24, 2.45) is 0 Å². The highest BCUT2D eigenvalue weighted by molar-refractivity contribution is 6.30. The topological polar surface area (TPSA) is 29.1 Å². The summed E-state index contributed by atoms with van der Waals surface area (Å²) in [6, 6.07) is 3.13. The van der Waals surface area contributed by atoms with Crippen LogP contribution in [-0.2, 0) is 0 Å². The lowest BCUT2D eigenvalue weighted by molar-refractivity contribution is 0.0960. The monoisotopic (exact) mass is 217 g/mol. The molecule has 0 heterocycles. The van der Waals surface area contributed by atoms with E-state index in [1.54, 1.807) is 0 Å². The standard InChI is InChI=1S/C9H6ClF2NO/c1-5(10)13-9(14)8-6(11)3-2-4-7(8)12/h2-4H,1H2,(H,13,14). The number of carbonyl (C=O) groups is 1. The maximum atomic E-state index is 13.0. The molecule has 0 radical (unpaired) electrons. The van der Waals surface area contributed by atoms with Crippen molar-refractivity contribution < 1.29 is 13.6 Å². The van der Waals surface area contributed by atoms with E-state index in [1.807, 2.05) is 5.32 Å². The van der Waals surface area contributed by atoms with Gasteiger partial charge in [0.2, 0.25) is 0 Å². The Morgan fingerprint density at radius 3 is 2.29 bits per heavy atom. The molecule has 0 spiro atoms. The molecule has 0 fully saturated rings. The van der Waals surface area contributed by atoms with E-state index in [4.69, 9.17) is 11.6 Å². The summed E-state index contributed by atoms with van der Waals surface area (Å²) in [6.45, 7) is 3.17. The van der Waals surface area contributed by atoms with E-state index in [0.29, 0.717) is 0 Å². The molecule has 1 N–H and O–H groups in total. The zero-order valence-corrected chi connectivity index (χ0v) is 7.74. The molecule has 1 amide bonds. The molecule has 74 valence electrons. The van der Waals surface area contributed by atoms with Crippen molar-refractivity contribution in [3.05, 3.63) is 47.1 Å². The number of nitrogens with one attached hydrogen (secondary N) is 1. The molecular weight excluding hydrogens is 212 g/mol. The van der Waals surface area contributed by atoms with Crippen LogP contribution >= 0.6 is 11.6 Å². The van der Waals surface area contributed by atoms with Crippen LogP contribution in [0, 0.1) is 11.6 Å². The minimum absolute atomic E-state index is 0.197. The largest absolute Gasteiger partial charge is 0.313 e. The molecule has 1 rings (SSSR count). The van der Waals surface area contributed by atoms with Gasteiger partial charge in [0.25, 0.3) is 5.91 Å². The molecule has 14 heavy (non-hydrogen) atoms. The van der Waals surface area contributed by atoms with Crippen molar-refractivity contribution in [1.29, 1.82) is 0 Å². The highest BCUT2D eigenvalue weighted by atomic mass is 35.5. The summed E-state index contributed by atoms with van der Waals surface area (Å²) in [4.78, 5) is 11.2. The fraction of sp³-hybridized carbons (Fsp3) is 0. The molecule has 1 aromatic rings. The van der Waals surface area contributed by atoms with Crippen molar-refractivity contribution >= 4 is 17.5 Å². The summed E-state index contributed by atoms with van der Waals surface area (Å²) in [7, 11) is 0. The van der Waals surface area contributed by atoms with Crippen molar-refractivity contribution in [1.82, 2.24) is 5.32 Å². The number of halogens is 3. The first-order valence-corrected chi connectivity index (χ1v) is 4.00. The number of carbonyl (C=O) groups excluding carboxylic acids is 1. The summed E-state index contributed by atoms with van der Waals surface area (Å²) < 4.78 is 26.0. The van der Waals surface area contributed by atoms with Gasteiger partial charge in [-0.3, -0.25) is 4.79 Å². The van der Waals surface area contributed by atoms with E-state index in [0.717, 1.165) is 18.2 Å². The number of hydrogen-bond donors (Lipinski definition) is 1. The Kier molecular flexibility index (Phi) is 3.19. The van der Waals surface area contributed by atoms with E-state index >= 15 is 0 Å². The van der Waals surface area contributed by atoms with Gasteiger partial charge in [0, 0.05) is 0 Å². The van der Waals surface area contributed by atoms with Gasteiger partial charge in [-0.15, -0.1) is 0 Å². The Hall–Kier alpha value is -1.42. The summed E-state index contributed by atoms with van der Waals surface area (Å²) in [5.74, 6) is -2.85. The summed E-state index contributed by atoms with van der Waals surface area (Å²) in [5, 5.41) is 1.80. The van der Waals surface area contributed by atoms with Gasteiger partial charge in [-0.1, -0.05) is 24.2 Å². The quantitative estimate of drug-likeness (QED) is 0.758. The van der Waals surface area contributed by atoms with Crippen LogP contribution in [-0.4, -0.2) is 5.91 Å². The van der Waals surface area contributed by atoms with E-state index in [-0.39, 0.29) is 5.16 Å². The number of amides is 1. The highest BCUT2D eigenvalue weighted by Crippen LogP contribution is 2.12. The molecule has 0 bridgehead atoms. The highest BCUT2D eigenvalue weighted by Gasteiger charge is 2.16. The molecular formula is C9H6ClF2NO. The second-order valence-electron chi connectivity index (χ2n) is 2.46. The minimum atomic E-state index is -0.958. The Balaban J connectivity index is 3.06. The zero-order chi connectivity index (χ0) is 10.7. The lowest BCUT2D eigenvalue weighted by Crippen LogP contribution is -2.22. The Morgan fingerprint density at radius 2 is 1.86 bits per heavy atom. The molecule has 0 aliphatic carbocycles. The van der Waals surface area contributed by atoms with Gasteiger partial charge in [0.05, 0.1) is 0 Å². The molecule has 1 aromatic carbocycles. The number of hydrogen-bond acceptors (Lipinski definition) is 1. The zero-order valence-electron chi connectivity index (χ0n) is 6.98. The van der Waals surface area contributed by atoms with E-state index in [9.17, 15) is 13.6 Å². The fourth-order valence-corrected chi connectivity index (χ4v) is 0.986. The SMILES string of the molecule is C=C(Cl)NC(=O)c1c(F)cccc1F. The summed E-state index contributed by atoms with van der Waals surface area (Å²) >= 11 is 5.26. The van der Waals surface area contributed by atoms with Gasteiger partial charge in [0.1, 0.15) is 22.4 Å². The molecule has 0 atom stereocenters. The maximum absolute atomic E-state index is 13.0. The van der Waals surface area contributed by atoms with Crippen molar-refractivity contribution in [2.45, 2.75) is 0 Å². The number of rotatable bonds is 2. The van der Waals surface area contributed by atoms with Crippen LogP contribution in [0.2, 0.25) is 0 Å². The molecule has 5 heteroatoms. The van der Waals surface area contributed by atoms with Crippen molar-refractivity contribution in [3.63, 3.8) is 0 Å². The average Bonchev–Trinajstić information content (AvgIpc) is 2.01. The average molecular weight is 218 g/mol. The van der Waals surface area contributed by atoms with Crippen molar-refractivity contribution in [2.75, 3.05) is 0 Å². The third-order valence-electron chi connectivity index (χ3n) is 1.44. The van der Waals surface area contributed by atoms with Crippen molar-refractivity contribution in [3.8, 4) is 0 Å². The molecule has 0 unspecified atom stereocenters.